The zero-order chi connectivity index (χ0) is 11.8. The van der Waals surface area contributed by atoms with E-state index in [1.807, 2.05) is 0 Å². The van der Waals surface area contributed by atoms with Crippen molar-refractivity contribution < 1.29 is 0 Å². The van der Waals surface area contributed by atoms with E-state index in [4.69, 9.17) is 4.99 Å². The smallest absolute Gasteiger partial charge is 0.193 e. The zero-order valence-electron chi connectivity index (χ0n) is 11.5. The van der Waals surface area contributed by atoms with Crippen molar-refractivity contribution in [2.75, 3.05) is 26.2 Å². The summed E-state index contributed by atoms with van der Waals surface area (Å²) >= 11 is 0. The standard InChI is InChI=1S/C13H27N3.HI/c1-4-12(5-2)11-15-13(14-6-3)16-9-7-8-10-16;/h12H,4-11H2,1-3H3,(H,14,15);1H. The van der Waals surface area contributed by atoms with Crippen LogP contribution >= 0.6 is 24.0 Å². The molecule has 0 aromatic carbocycles. The molecule has 1 rings (SSSR count). The highest BCUT2D eigenvalue weighted by atomic mass is 127. The van der Waals surface area contributed by atoms with Crippen LogP contribution < -0.4 is 5.32 Å². The molecule has 0 spiro atoms. The Morgan fingerprint density at radius 2 is 1.76 bits per heavy atom. The molecule has 0 aromatic rings. The number of guanidine groups is 1. The van der Waals surface area contributed by atoms with Crippen LogP contribution in [0.5, 0.6) is 0 Å². The summed E-state index contributed by atoms with van der Waals surface area (Å²) in [7, 11) is 0. The number of rotatable bonds is 5. The largest absolute Gasteiger partial charge is 0.357 e. The molecule has 0 bridgehead atoms. The summed E-state index contributed by atoms with van der Waals surface area (Å²) in [5.41, 5.74) is 0. The maximum Gasteiger partial charge on any atom is 0.193 e. The highest BCUT2D eigenvalue weighted by Crippen LogP contribution is 2.10. The Morgan fingerprint density at radius 1 is 1.18 bits per heavy atom. The Bertz CT molecular complexity index is 209. The molecule has 0 amide bonds. The van der Waals surface area contributed by atoms with Gasteiger partial charge in [-0.3, -0.25) is 4.99 Å². The van der Waals surface area contributed by atoms with Crippen LogP contribution in [0, 0.1) is 5.92 Å². The van der Waals surface area contributed by atoms with Crippen LogP contribution in [0.15, 0.2) is 4.99 Å². The number of nitrogens with zero attached hydrogens (tertiary/aromatic N) is 2. The van der Waals surface area contributed by atoms with Gasteiger partial charge in [-0.1, -0.05) is 26.7 Å². The average Bonchev–Trinajstić information content (AvgIpc) is 2.82. The summed E-state index contributed by atoms with van der Waals surface area (Å²) in [5.74, 6) is 1.88. The first-order valence-corrected chi connectivity index (χ1v) is 6.85. The SMILES string of the molecule is CCNC(=NCC(CC)CC)N1CCCC1.I. The van der Waals surface area contributed by atoms with Gasteiger partial charge in [0.05, 0.1) is 0 Å². The van der Waals surface area contributed by atoms with Gasteiger partial charge in [0, 0.05) is 26.2 Å². The maximum atomic E-state index is 4.77. The van der Waals surface area contributed by atoms with Crippen molar-refractivity contribution in [3.05, 3.63) is 0 Å². The highest BCUT2D eigenvalue weighted by molar-refractivity contribution is 14.0. The topological polar surface area (TPSA) is 27.6 Å². The second-order valence-electron chi connectivity index (χ2n) is 4.57. The molecule has 0 aromatic heterocycles. The van der Waals surface area contributed by atoms with Gasteiger partial charge >= 0.3 is 0 Å². The van der Waals surface area contributed by atoms with Crippen molar-refractivity contribution in [1.29, 1.82) is 0 Å². The number of aliphatic imine (C=N–C) groups is 1. The Labute approximate surface area is 123 Å². The van der Waals surface area contributed by atoms with Crippen LogP contribution in [0.2, 0.25) is 0 Å². The third-order valence-electron chi connectivity index (χ3n) is 3.39. The van der Waals surface area contributed by atoms with Crippen LogP contribution in [0.1, 0.15) is 46.5 Å². The lowest BCUT2D eigenvalue weighted by atomic mass is 10.0. The van der Waals surface area contributed by atoms with Crippen molar-refractivity contribution in [1.82, 2.24) is 10.2 Å². The van der Waals surface area contributed by atoms with Crippen LogP contribution in [-0.2, 0) is 0 Å². The molecular formula is C13H28IN3. The van der Waals surface area contributed by atoms with E-state index in [1.54, 1.807) is 0 Å². The summed E-state index contributed by atoms with van der Waals surface area (Å²) in [6.07, 6.45) is 5.10. The van der Waals surface area contributed by atoms with Gasteiger partial charge in [-0.2, -0.15) is 0 Å². The summed E-state index contributed by atoms with van der Waals surface area (Å²) in [6, 6.07) is 0. The molecule has 1 fully saturated rings. The predicted molar refractivity (Wildman–Crippen MR) is 86.3 cm³/mol. The number of hydrogen-bond donors (Lipinski definition) is 1. The lowest BCUT2D eigenvalue weighted by Gasteiger charge is -2.21. The Balaban J connectivity index is 0.00000256. The maximum absolute atomic E-state index is 4.77. The van der Waals surface area contributed by atoms with Crippen molar-refractivity contribution in [3.63, 3.8) is 0 Å². The second kappa shape index (κ2) is 9.97. The number of halogens is 1. The van der Waals surface area contributed by atoms with Gasteiger partial charge in [0.1, 0.15) is 0 Å². The molecule has 1 saturated heterocycles. The quantitative estimate of drug-likeness (QED) is 0.467. The van der Waals surface area contributed by atoms with Crippen molar-refractivity contribution in [2.45, 2.75) is 46.5 Å². The van der Waals surface area contributed by atoms with Gasteiger partial charge in [-0.15, -0.1) is 24.0 Å². The zero-order valence-corrected chi connectivity index (χ0v) is 13.9. The van der Waals surface area contributed by atoms with Crippen molar-refractivity contribution >= 4 is 29.9 Å². The summed E-state index contributed by atoms with van der Waals surface area (Å²) in [6.45, 7) is 11.0. The van der Waals surface area contributed by atoms with Crippen LogP contribution in [0.3, 0.4) is 0 Å². The molecule has 3 nitrogen and oxygen atoms in total. The van der Waals surface area contributed by atoms with Crippen LogP contribution in [0.25, 0.3) is 0 Å². The fourth-order valence-electron chi connectivity index (χ4n) is 2.12. The first-order chi connectivity index (χ1) is 7.81. The van der Waals surface area contributed by atoms with Gasteiger partial charge in [-0.25, -0.2) is 0 Å². The average molecular weight is 353 g/mol. The molecule has 4 heteroatoms. The van der Waals surface area contributed by atoms with E-state index in [0.717, 1.165) is 25.0 Å². The van der Waals surface area contributed by atoms with E-state index in [9.17, 15) is 0 Å². The minimum absolute atomic E-state index is 0. The van der Waals surface area contributed by atoms with Crippen LogP contribution in [0.4, 0.5) is 0 Å². The summed E-state index contributed by atoms with van der Waals surface area (Å²) in [5, 5.41) is 3.40. The van der Waals surface area contributed by atoms with E-state index in [0.29, 0.717) is 0 Å². The van der Waals surface area contributed by atoms with E-state index in [2.05, 4.69) is 31.0 Å². The normalized spacial score (nSPS) is 16.2. The summed E-state index contributed by atoms with van der Waals surface area (Å²) in [4.78, 5) is 7.16. The lowest BCUT2D eigenvalue weighted by Crippen LogP contribution is -2.39. The Kier molecular flexibility index (Phi) is 9.97. The monoisotopic (exact) mass is 353 g/mol. The number of likely N-dealkylation sites (tertiary alicyclic amines) is 1. The predicted octanol–water partition coefficient (Wildman–Crippen LogP) is 3.10. The fraction of sp³-hybridized carbons (Fsp3) is 0.923. The molecule has 1 heterocycles. The third-order valence-corrected chi connectivity index (χ3v) is 3.39. The molecule has 1 aliphatic heterocycles. The second-order valence-corrected chi connectivity index (χ2v) is 4.57. The highest BCUT2D eigenvalue weighted by Gasteiger charge is 2.15. The minimum Gasteiger partial charge on any atom is -0.357 e. The first-order valence-electron chi connectivity index (χ1n) is 6.85. The Hall–Kier alpha value is 0. The van der Waals surface area contributed by atoms with Gasteiger partial charge in [0.15, 0.2) is 5.96 Å². The molecular weight excluding hydrogens is 325 g/mol. The fourth-order valence-corrected chi connectivity index (χ4v) is 2.12. The molecule has 0 saturated carbocycles. The van der Waals surface area contributed by atoms with Gasteiger partial charge in [-0.05, 0) is 25.7 Å². The molecule has 0 unspecified atom stereocenters. The van der Waals surface area contributed by atoms with Gasteiger partial charge in [0.25, 0.3) is 0 Å². The van der Waals surface area contributed by atoms with Crippen molar-refractivity contribution in [2.24, 2.45) is 10.9 Å². The van der Waals surface area contributed by atoms with E-state index in [1.165, 1.54) is 38.8 Å². The van der Waals surface area contributed by atoms with Crippen molar-refractivity contribution in [3.8, 4) is 0 Å². The number of nitrogens with one attached hydrogen (secondary N) is 1. The minimum atomic E-state index is 0. The number of hydrogen-bond acceptors (Lipinski definition) is 1. The Morgan fingerprint density at radius 3 is 2.24 bits per heavy atom. The third kappa shape index (κ3) is 5.93. The van der Waals surface area contributed by atoms with E-state index in [-0.39, 0.29) is 24.0 Å². The van der Waals surface area contributed by atoms with Gasteiger partial charge < -0.3 is 10.2 Å². The molecule has 0 atom stereocenters. The van der Waals surface area contributed by atoms with Crippen LogP contribution in [-0.4, -0.2) is 37.0 Å². The molecule has 102 valence electrons. The van der Waals surface area contributed by atoms with E-state index < -0.39 is 0 Å². The first kappa shape index (κ1) is 17.0. The molecule has 1 aliphatic rings. The molecule has 17 heavy (non-hydrogen) atoms. The molecule has 0 aliphatic carbocycles. The summed E-state index contributed by atoms with van der Waals surface area (Å²) < 4.78 is 0. The lowest BCUT2D eigenvalue weighted by molar-refractivity contribution is 0.472. The van der Waals surface area contributed by atoms with Gasteiger partial charge in [0.2, 0.25) is 0 Å². The van der Waals surface area contributed by atoms with E-state index >= 15 is 0 Å². The molecule has 1 N–H and O–H groups in total. The molecule has 0 radical (unpaired) electrons.